The minimum atomic E-state index is -0.00937. The molecule has 2 aromatic rings. The number of amides is 1. The molecule has 1 amide bonds. The third-order valence-electron chi connectivity index (χ3n) is 4.21. The van der Waals surface area contributed by atoms with E-state index in [0.717, 1.165) is 28.4 Å². The average molecular weight is 367 g/mol. The third-order valence-corrected chi connectivity index (χ3v) is 4.21. The minimum absolute atomic E-state index is 0.00937. The van der Waals surface area contributed by atoms with E-state index < -0.39 is 0 Å². The van der Waals surface area contributed by atoms with Crippen LogP contribution in [0.5, 0.6) is 5.75 Å². The monoisotopic (exact) mass is 367 g/mol. The number of hydrogen-bond acceptors (Lipinski definition) is 3. The first-order chi connectivity index (χ1) is 12.9. The van der Waals surface area contributed by atoms with E-state index in [2.05, 4.69) is 24.1 Å². The molecule has 0 bridgehead atoms. The van der Waals surface area contributed by atoms with Gasteiger partial charge in [0.25, 0.3) is 0 Å². The Morgan fingerprint density at radius 2 is 1.96 bits per heavy atom. The number of hydrogen-bond donors (Lipinski definition) is 1. The Hall–Kier alpha value is -2.82. The summed E-state index contributed by atoms with van der Waals surface area (Å²) in [7, 11) is 1.65. The molecule has 0 unspecified atom stereocenters. The summed E-state index contributed by atoms with van der Waals surface area (Å²) in [5.41, 5.74) is 3.00. The molecule has 1 N–H and O–H groups in total. The molecule has 5 heteroatoms. The van der Waals surface area contributed by atoms with Gasteiger partial charge in [0.05, 0.1) is 12.8 Å². The fourth-order valence-corrected chi connectivity index (χ4v) is 2.44. The molecule has 0 radical (unpaired) electrons. The van der Waals surface area contributed by atoms with Crippen LogP contribution in [0.1, 0.15) is 44.8 Å². The number of ether oxygens (including phenoxy) is 1. The van der Waals surface area contributed by atoms with Crippen molar-refractivity contribution in [3.63, 3.8) is 0 Å². The Balaban J connectivity index is 2.22. The van der Waals surface area contributed by atoms with Crippen molar-refractivity contribution in [2.45, 2.75) is 34.2 Å². The lowest BCUT2D eigenvalue weighted by atomic mass is 10.2. The summed E-state index contributed by atoms with van der Waals surface area (Å²) in [6.45, 7) is 9.07. The van der Waals surface area contributed by atoms with Crippen molar-refractivity contribution >= 4 is 23.6 Å². The molecule has 27 heavy (non-hydrogen) atoms. The number of carbonyl (C=O) groups excluding carboxylic acids is 1. The zero-order valence-corrected chi connectivity index (χ0v) is 16.8. The van der Waals surface area contributed by atoms with Crippen LogP contribution in [-0.2, 0) is 11.3 Å². The second kappa shape index (κ2) is 9.76. The Morgan fingerprint density at radius 3 is 2.56 bits per heavy atom. The quantitative estimate of drug-likeness (QED) is 0.758. The molecule has 0 spiro atoms. The van der Waals surface area contributed by atoms with E-state index in [1.54, 1.807) is 7.11 Å². The molecule has 0 fully saturated rings. The number of methoxy groups -OCH3 is 1. The first-order valence-electron chi connectivity index (χ1n) is 9.22. The number of nitrogens with zero attached hydrogens (tertiary/aromatic N) is 2. The lowest BCUT2D eigenvalue weighted by Crippen LogP contribution is -2.30. The van der Waals surface area contributed by atoms with E-state index in [1.807, 2.05) is 67.1 Å². The zero-order chi connectivity index (χ0) is 19.8. The normalized spacial score (nSPS) is 12.0. The van der Waals surface area contributed by atoms with Crippen LogP contribution in [0.4, 0.5) is 0 Å². The standard InChI is InChI=1S/C22H29N3O2/c1-6-17(4)20-14-25(15-22(26)23-13-16(2)3)21(24-20)12-9-18-7-10-19(27-5)11-8-18/h6-12,14,16H,13,15H2,1-5H3,(H,23,26)/b12-9+,17-6+. The minimum Gasteiger partial charge on any atom is -0.497 e. The van der Waals surface area contributed by atoms with Crippen molar-refractivity contribution in [3.8, 4) is 5.75 Å². The van der Waals surface area contributed by atoms with Gasteiger partial charge in [0.2, 0.25) is 5.91 Å². The van der Waals surface area contributed by atoms with Crippen molar-refractivity contribution in [2.75, 3.05) is 13.7 Å². The van der Waals surface area contributed by atoms with Gasteiger partial charge in [-0.3, -0.25) is 4.79 Å². The third kappa shape index (κ3) is 6.13. The second-order valence-corrected chi connectivity index (χ2v) is 6.89. The molecule has 1 aromatic carbocycles. The number of nitrogens with one attached hydrogen (secondary N) is 1. The van der Waals surface area contributed by atoms with Crippen LogP contribution in [0.15, 0.2) is 36.5 Å². The van der Waals surface area contributed by atoms with E-state index >= 15 is 0 Å². The van der Waals surface area contributed by atoms with Gasteiger partial charge < -0.3 is 14.6 Å². The van der Waals surface area contributed by atoms with Crippen molar-refractivity contribution in [2.24, 2.45) is 5.92 Å². The Labute approximate surface area is 161 Å². The Bertz CT molecular complexity index is 815. The van der Waals surface area contributed by atoms with Crippen LogP contribution >= 0.6 is 0 Å². The lowest BCUT2D eigenvalue weighted by Gasteiger charge is -2.09. The highest BCUT2D eigenvalue weighted by Crippen LogP contribution is 2.17. The number of allylic oxidation sites excluding steroid dienone is 2. The summed E-state index contributed by atoms with van der Waals surface area (Å²) in [5, 5.41) is 2.96. The van der Waals surface area contributed by atoms with E-state index in [4.69, 9.17) is 4.74 Å². The molecule has 5 nitrogen and oxygen atoms in total. The maximum atomic E-state index is 12.3. The summed E-state index contributed by atoms with van der Waals surface area (Å²) < 4.78 is 7.07. The average Bonchev–Trinajstić information content (AvgIpc) is 3.07. The maximum Gasteiger partial charge on any atom is 0.240 e. The molecule has 0 atom stereocenters. The Morgan fingerprint density at radius 1 is 1.26 bits per heavy atom. The summed E-state index contributed by atoms with van der Waals surface area (Å²) in [5.74, 6) is 1.99. The first kappa shape index (κ1) is 20.5. The van der Waals surface area contributed by atoms with Crippen molar-refractivity contribution in [3.05, 3.63) is 53.6 Å². The predicted octanol–water partition coefficient (Wildman–Crippen LogP) is 4.26. The van der Waals surface area contributed by atoms with Gasteiger partial charge in [-0.1, -0.05) is 38.1 Å². The number of benzene rings is 1. The maximum absolute atomic E-state index is 12.3. The largest absolute Gasteiger partial charge is 0.497 e. The van der Waals surface area contributed by atoms with Crippen molar-refractivity contribution in [1.29, 1.82) is 0 Å². The van der Waals surface area contributed by atoms with Gasteiger partial charge in [0.15, 0.2) is 0 Å². The molecule has 0 aliphatic heterocycles. The highest BCUT2D eigenvalue weighted by atomic mass is 16.5. The Kier molecular flexibility index (Phi) is 7.41. The molecule has 0 saturated carbocycles. The SMILES string of the molecule is C/C=C(\C)c1cn(CC(=O)NCC(C)C)c(/C=C/c2ccc(OC)cc2)n1. The predicted molar refractivity (Wildman–Crippen MR) is 111 cm³/mol. The van der Waals surface area contributed by atoms with Crippen molar-refractivity contribution < 1.29 is 9.53 Å². The van der Waals surface area contributed by atoms with Gasteiger partial charge in [-0.15, -0.1) is 0 Å². The lowest BCUT2D eigenvalue weighted by molar-refractivity contribution is -0.121. The van der Waals surface area contributed by atoms with Crippen LogP contribution < -0.4 is 10.1 Å². The van der Waals surface area contributed by atoms with E-state index in [0.29, 0.717) is 12.5 Å². The number of aromatic nitrogens is 2. The topological polar surface area (TPSA) is 56.2 Å². The molecular formula is C22H29N3O2. The molecule has 1 heterocycles. The summed E-state index contributed by atoms with van der Waals surface area (Å²) in [6.07, 6.45) is 7.86. The molecule has 1 aromatic heterocycles. The molecule has 0 saturated heterocycles. The first-order valence-corrected chi connectivity index (χ1v) is 9.22. The number of imidazole rings is 1. The van der Waals surface area contributed by atoms with Gasteiger partial charge in [-0.2, -0.15) is 0 Å². The fraction of sp³-hybridized carbons (Fsp3) is 0.364. The second-order valence-electron chi connectivity index (χ2n) is 6.89. The van der Waals surface area contributed by atoms with Gasteiger partial charge in [0, 0.05) is 12.7 Å². The fourth-order valence-electron chi connectivity index (χ4n) is 2.44. The smallest absolute Gasteiger partial charge is 0.240 e. The molecule has 144 valence electrons. The summed E-state index contributed by atoms with van der Waals surface area (Å²) in [6, 6.07) is 7.80. The zero-order valence-electron chi connectivity index (χ0n) is 16.8. The summed E-state index contributed by atoms with van der Waals surface area (Å²) in [4.78, 5) is 16.9. The van der Waals surface area contributed by atoms with Gasteiger partial charge in [0.1, 0.15) is 18.1 Å². The highest BCUT2D eigenvalue weighted by Gasteiger charge is 2.11. The number of rotatable bonds is 8. The van der Waals surface area contributed by atoms with Gasteiger partial charge in [-0.25, -0.2) is 4.98 Å². The molecule has 2 rings (SSSR count). The van der Waals surface area contributed by atoms with Gasteiger partial charge in [-0.05, 0) is 49.1 Å². The molecule has 0 aliphatic carbocycles. The molecule has 0 aliphatic rings. The summed E-state index contributed by atoms with van der Waals surface area (Å²) >= 11 is 0. The van der Waals surface area contributed by atoms with Crippen LogP contribution in [0.25, 0.3) is 17.7 Å². The van der Waals surface area contributed by atoms with Crippen LogP contribution in [0, 0.1) is 5.92 Å². The molecular weight excluding hydrogens is 338 g/mol. The van der Waals surface area contributed by atoms with Crippen LogP contribution in [-0.4, -0.2) is 29.1 Å². The van der Waals surface area contributed by atoms with E-state index in [1.165, 1.54) is 0 Å². The van der Waals surface area contributed by atoms with Crippen LogP contribution in [0.2, 0.25) is 0 Å². The van der Waals surface area contributed by atoms with Crippen molar-refractivity contribution in [1.82, 2.24) is 14.9 Å². The highest BCUT2D eigenvalue weighted by molar-refractivity contribution is 5.77. The van der Waals surface area contributed by atoms with Crippen LogP contribution in [0.3, 0.4) is 0 Å². The van der Waals surface area contributed by atoms with E-state index in [9.17, 15) is 4.79 Å². The number of carbonyl (C=O) groups is 1. The van der Waals surface area contributed by atoms with E-state index in [-0.39, 0.29) is 12.5 Å². The van der Waals surface area contributed by atoms with Gasteiger partial charge >= 0.3 is 0 Å².